The van der Waals surface area contributed by atoms with Crippen LogP contribution in [0.1, 0.15) is 25.3 Å². The predicted octanol–water partition coefficient (Wildman–Crippen LogP) is 4.00. The van der Waals surface area contributed by atoms with E-state index in [1.54, 1.807) is 0 Å². The molecule has 0 aromatic heterocycles. The van der Waals surface area contributed by atoms with Crippen molar-refractivity contribution in [2.75, 3.05) is 5.32 Å². The minimum Gasteiger partial charge on any atom is -0.358 e. The summed E-state index contributed by atoms with van der Waals surface area (Å²) in [5.41, 5.74) is -0.190. The number of hydrogen-bond acceptors (Lipinski definition) is 2. The van der Waals surface area contributed by atoms with Crippen LogP contribution < -0.4 is 5.32 Å². The third-order valence-corrected chi connectivity index (χ3v) is 2.98. The van der Waals surface area contributed by atoms with Crippen molar-refractivity contribution in [3.63, 3.8) is 0 Å². The van der Waals surface area contributed by atoms with Gasteiger partial charge in [-0.1, -0.05) is 19.1 Å². The SMILES string of the molecule is CC1CC(=O)C=C(Nc2ccccc2C(F)(F)F)C1. The number of anilines is 1. The number of allylic oxidation sites excluding steroid dienone is 2. The van der Waals surface area contributed by atoms with E-state index in [2.05, 4.69) is 5.32 Å². The maximum absolute atomic E-state index is 12.8. The summed E-state index contributed by atoms with van der Waals surface area (Å²) in [5.74, 6) is 0.101. The van der Waals surface area contributed by atoms with Crippen molar-refractivity contribution in [2.24, 2.45) is 5.92 Å². The third kappa shape index (κ3) is 3.36. The summed E-state index contributed by atoms with van der Waals surface area (Å²) in [4.78, 5) is 11.4. The molecule has 1 aromatic carbocycles. The lowest BCUT2D eigenvalue weighted by molar-refractivity contribution is -0.136. The van der Waals surface area contributed by atoms with Crippen LogP contribution in [0.15, 0.2) is 36.0 Å². The molecule has 1 atom stereocenters. The zero-order valence-electron chi connectivity index (χ0n) is 10.4. The number of carbonyl (C=O) groups excluding carboxylic acids is 1. The number of alkyl halides is 3. The molecule has 1 unspecified atom stereocenters. The summed E-state index contributed by atoms with van der Waals surface area (Å²) in [6, 6.07) is 5.27. The molecule has 0 fully saturated rings. The first kappa shape index (κ1) is 13.6. The second-order valence-electron chi connectivity index (χ2n) is 4.82. The number of para-hydroxylation sites is 1. The Hall–Kier alpha value is -1.78. The van der Waals surface area contributed by atoms with E-state index in [1.165, 1.54) is 24.3 Å². The van der Waals surface area contributed by atoms with Gasteiger partial charge in [-0.3, -0.25) is 4.79 Å². The Morgan fingerprint density at radius 1 is 1.21 bits per heavy atom. The fraction of sp³-hybridized carbons (Fsp3) is 0.357. The highest BCUT2D eigenvalue weighted by atomic mass is 19.4. The van der Waals surface area contributed by atoms with Crippen LogP contribution in [0.5, 0.6) is 0 Å². The minimum absolute atomic E-state index is 0.0110. The number of halogens is 3. The van der Waals surface area contributed by atoms with E-state index >= 15 is 0 Å². The molecule has 0 heterocycles. The van der Waals surface area contributed by atoms with E-state index in [1.807, 2.05) is 6.92 Å². The van der Waals surface area contributed by atoms with Crippen LogP contribution in [0.25, 0.3) is 0 Å². The van der Waals surface area contributed by atoms with Gasteiger partial charge in [-0.2, -0.15) is 13.2 Å². The Labute approximate surface area is 109 Å². The quantitative estimate of drug-likeness (QED) is 0.879. The van der Waals surface area contributed by atoms with Gasteiger partial charge in [0.2, 0.25) is 0 Å². The molecule has 1 aliphatic carbocycles. The summed E-state index contributed by atoms with van der Waals surface area (Å²) in [6.07, 6.45) is -1.98. The molecular weight excluding hydrogens is 255 g/mol. The molecule has 0 saturated carbocycles. The lowest BCUT2D eigenvalue weighted by atomic mass is 9.93. The predicted molar refractivity (Wildman–Crippen MR) is 66.6 cm³/mol. The van der Waals surface area contributed by atoms with E-state index in [4.69, 9.17) is 0 Å². The van der Waals surface area contributed by atoms with Crippen LogP contribution >= 0.6 is 0 Å². The second-order valence-corrected chi connectivity index (χ2v) is 4.82. The van der Waals surface area contributed by atoms with Crippen LogP contribution in [0.4, 0.5) is 18.9 Å². The zero-order chi connectivity index (χ0) is 14.0. The largest absolute Gasteiger partial charge is 0.418 e. The summed E-state index contributed by atoms with van der Waals surface area (Å²) in [7, 11) is 0. The molecule has 0 spiro atoms. The number of hydrogen-bond donors (Lipinski definition) is 1. The van der Waals surface area contributed by atoms with Gasteiger partial charge in [-0.25, -0.2) is 0 Å². The Morgan fingerprint density at radius 3 is 2.53 bits per heavy atom. The Bertz CT molecular complexity index is 520. The lowest BCUT2D eigenvalue weighted by Crippen LogP contribution is -2.17. The first-order chi connectivity index (χ1) is 8.86. The standard InChI is InChI=1S/C14H14F3NO/c1-9-6-10(8-11(19)7-9)18-13-5-3-2-4-12(13)14(15,16)17/h2-5,8-9,18H,6-7H2,1H3. The number of nitrogens with one attached hydrogen (secondary N) is 1. The molecule has 2 nitrogen and oxygen atoms in total. The Morgan fingerprint density at radius 2 is 1.89 bits per heavy atom. The van der Waals surface area contributed by atoms with Crippen LogP contribution in [-0.4, -0.2) is 5.78 Å². The normalized spacial score (nSPS) is 20.1. The van der Waals surface area contributed by atoms with Crippen molar-refractivity contribution < 1.29 is 18.0 Å². The minimum atomic E-state index is -4.41. The average molecular weight is 269 g/mol. The molecule has 1 N–H and O–H groups in total. The van der Waals surface area contributed by atoms with Gasteiger partial charge in [-0.15, -0.1) is 0 Å². The van der Waals surface area contributed by atoms with Gasteiger partial charge in [0, 0.05) is 18.2 Å². The maximum atomic E-state index is 12.8. The molecule has 102 valence electrons. The molecule has 2 rings (SSSR count). The van der Waals surface area contributed by atoms with Crippen molar-refractivity contribution in [3.05, 3.63) is 41.6 Å². The monoisotopic (exact) mass is 269 g/mol. The van der Waals surface area contributed by atoms with Crippen molar-refractivity contribution in [1.29, 1.82) is 0 Å². The summed E-state index contributed by atoms with van der Waals surface area (Å²) in [6.45, 7) is 1.91. The first-order valence-corrected chi connectivity index (χ1v) is 6.03. The second kappa shape index (κ2) is 5.07. The van der Waals surface area contributed by atoms with Crippen molar-refractivity contribution in [2.45, 2.75) is 25.9 Å². The molecule has 0 aliphatic heterocycles. The van der Waals surface area contributed by atoms with Gasteiger partial charge in [0.25, 0.3) is 0 Å². The van der Waals surface area contributed by atoms with Crippen molar-refractivity contribution in [3.8, 4) is 0 Å². The van der Waals surface area contributed by atoms with Gasteiger partial charge in [0.15, 0.2) is 5.78 Å². The lowest BCUT2D eigenvalue weighted by Gasteiger charge is -2.21. The molecule has 5 heteroatoms. The molecule has 0 radical (unpaired) electrons. The average Bonchev–Trinajstić information content (AvgIpc) is 2.26. The number of ketones is 1. The van der Waals surface area contributed by atoms with Gasteiger partial charge in [0.05, 0.1) is 11.3 Å². The van der Waals surface area contributed by atoms with E-state index in [9.17, 15) is 18.0 Å². The molecule has 19 heavy (non-hydrogen) atoms. The molecule has 0 saturated heterocycles. The summed E-state index contributed by atoms with van der Waals surface area (Å²) < 4.78 is 38.5. The van der Waals surface area contributed by atoms with Gasteiger partial charge >= 0.3 is 6.18 Å². The van der Waals surface area contributed by atoms with E-state index in [-0.39, 0.29) is 17.4 Å². The van der Waals surface area contributed by atoms with E-state index < -0.39 is 11.7 Å². The van der Waals surface area contributed by atoms with Crippen LogP contribution in [-0.2, 0) is 11.0 Å². The van der Waals surface area contributed by atoms with Gasteiger partial charge in [-0.05, 0) is 24.5 Å². The van der Waals surface area contributed by atoms with Gasteiger partial charge in [0.1, 0.15) is 0 Å². The fourth-order valence-corrected chi connectivity index (χ4v) is 2.20. The Balaban J connectivity index is 2.27. The van der Waals surface area contributed by atoms with Crippen LogP contribution in [0.2, 0.25) is 0 Å². The highest BCUT2D eigenvalue weighted by Gasteiger charge is 2.33. The van der Waals surface area contributed by atoms with E-state index in [0.29, 0.717) is 18.5 Å². The zero-order valence-corrected chi connectivity index (χ0v) is 10.4. The molecule has 1 aliphatic rings. The molecule has 1 aromatic rings. The van der Waals surface area contributed by atoms with Crippen molar-refractivity contribution >= 4 is 11.5 Å². The van der Waals surface area contributed by atoms with Crippen molar-refractivity contribution in [1.82, 2.24) is 0 Å². The highest BCUT2D eigenvalue weighted by molar-refractivity contribution is 5.92. The maximum Gasteiger partial charge on any atom is 0.418 e. The van der Waals surface area contributed by atoms with Crippen LogP contribution in [0.3, 0.4) is 0 Å². The first-order valence-electron chi connectivity index (χ1n) is 6.03. The number of carbonyl (C=O) groups is 1. The number of rotatable bonds is 2. The van der Waals surface area contributed by atoms with E-state index in [0.717, 1.165) is 6.07 Å². The fourth-order valence-electron chi connectivity index (χ4n) is 2.20. The summed E-state index contributed by atoms with van der Waals surface area (Å²) in [5, 5.41) is 2.74. The summed E-state index contributed by atoms with van der Waals surface area (Å²) >= 11 is 0. The topological polar surface area (TPSA) is 29.1 Å². The van der Waals surface area contributed by atoms with Gasteiger partial charge < -0.3 is 5.32 Å². The van der Waals surface area contributed by atoms with Crippen LogP contribution in [0, 0.1) is 5.92 Å². The molecule has 0 bridgehead atoms. The highest BCUT2D eigenvalue weighted by Crippen LogP contribution is 2.35. The molecular formula is C14H14F3NO. The smallest absolute Gasteiger partial charge is 0.358 e. The molecule has 0 amide bonds. The number of benzene rings is 1. The third-order valence-electron chi connectivity index (χ3n) is 2.98. The Kier molecular flexibility index (Phi) is 3.64.